The molecule has 1 aromatic heterocycles. The van der Waals surface area contributed by atoms with Gasteiger partial charge < -0.3 is 14.2 Å². The number of pyridine rings is 1. The van der Waals surface area contributed by atoms with Gasteiger partial charge in [-0.15, -0.1) is 0 Å². The van der Waals surface area contributed by atoms with E-state index in [4.69, 9.17) is 25.8 Å². The molecule has 0 saturated carbocycles. The Kier molecular flexibility index (Phi) is 6.11. The number of nitrogens with zero attached hydrogens (tertiary/aromatic N) is 3. The molecule has 2 aromatic rings. The van der Waals surface area contributed by atoms with Crippen molar-refractivity contribution in [3.63, 3.8) is 0 Å². The molecule has 1 aliphatic heterocycles. The van der Waals surface area contributed by atoms with Gasteiger partial charge in [-0.1, -0.05) is 11.6 Å². The van der Waals surface area contributed by atoms with Gasteiger partial charge in [-0.2, -0.15) is 0 Å². The number of benzene rings is 1. The molecular weight excluding hydrogens is 402 g/mol. The van der Waals surface area contributed by atoms with E-state index < -0.39 is 0 Å². The SMILES string of the molecule is COc1ccc(/C=C2\SC(=Nc3cccnc3Cl)N(C)C2=O)c(OC)c1OC. The van der Waals surface area contributed by atoms with Gasteiger partial charge in [0.15, 0.2) is 21.8 Å². The molecule has 0 bridgehead atoms. The number of aromatic nitrogens is 1. The average molecular weight is 420 g/mol. The molecule has 0 aliphatic carbocycles. The number of carbonyl (C=O) groups is 1. The molecule has 1 fully saturated rings. The molecule has 146 valence electrons. The number of carbonyl (C=O) groups excluding carboxylic acids is 1. The monoisotopic (exact) mass is 419 g/mol. The highest BCUT2D eigenvalue weighted by Crippen LogP contribution is 2.42. The third kappa shape index (κ3) is 3.79. The van der Waals surface area contributed by atoms with E-state index in [1.54, 1.807) is 50.7 Å². The van der Waals surface area contributed by atoms with Crippen molar-refractivity contribution in [2.75, 3.05) is 28.4 Å². The summed E-state index contributed by atoms with van der Waals surface area (Å²) in [6.45, 7) is 0. The van der Waals surface area contributed by atoms with Gasteiger partial charge in [-0.3, -0.25) is 9.69 Å². The third-order valence-corrected chi connectivity index (χ3v) is 5.33. The summed E-state index contributed by atoms with van der Waals surface area (Å²) < 4.78 is 16.2. The maximum Gasteiger partial charge on any atom is 0.266 e. The van der Waals surface area contributed by atoms with Gasteiger partial charge in [-0.05, 0) is 42.1 Å². The normalized spacial score (nSPS) is 16.8. The van der Waals surface area contributed by atoms with E-state index in [2.05, 4.69) is 9.98 Å². The number of amides is 1. The molecule has 1 aliphatic rings. The zero-order valence-electron chi connectivity index (χ0n) is 15.7. The zero-order chi connectivity index (χ0) is 20.3. The van der Waals surface area contributed by atoms with Crippen LogP contribution in [0.15, 0.2) is 40.4 Å². The second kappa shape index (κ2) is 8.53. The minimum Gasteiger partial charge on any atom is -0.493 e. The highest BCUT2D eigenvalue weighted by atomic mass is 35.5. The molecule has 0 N–H and O–H groups in total. The van der Waals surface area contributed by atoms with Crippen LogP contribution in [0.1, 0.15) is 5.56 Å². The molecule has 3 rings (SSSR count). The van der Waals surface area contributed by atoms with Crippen molar-refractivity contribution in [3.05, 3.63) is 46.1 Å². The highest BCUT2D eigenvalue weighted by Gasteiger charge is 2.31. The van der Waals surface area contributed by atoms with Gasteiger partial charge in [0.1, 0.15) is 5.69 Å². The number of methoxy groups -OCH3 is 3. The van der Waals surface area contributed by atoms with Crippen LogP contribution < -0.4 is 14.2 Å². The number of hydrogen-bond acceptors (Lipinski definition) is 7. The van der Waals surface area contributed by atoms with E-state index in [9.17, 15) is 4.79 Å². The zero-order valence-corrected chi connectivity index (χ0v) is 17.3. The van der Waals surface area contributed by atoms with Gasteiger partial charge >= 0.3 is 0 Å². The minimum atomic E-state index is -0.180. The highest BCUT2D eigenvalue weighted by molar-refractivity contribution is 8.18. The molecule has 0 spiro atoms. The summed E-state index contributed by atoms with van der Waals surface area (Å²) in [5.74, 6) is 1.29. The summed E-state index contributed by atoms with van der Waals surface area (Å²) in [4.78, 5) is 23.1. The summed E-state index contributed by atoms with van der Waals surface area (Å²) >= 11 is 7.31. The number of hydrogen-bond donors (Lipinski definition) is 0. The first kappa shape index (κ1) is 20.0. The van der Waals surface area contributed by atoms with Crippen molar-refractivity contribution in [1.29, 1.82) is 0 Å². The van der Waals surface area contributed by atoms with Crippen molar-refractivity contribution in [1.82, 2.24) is 9.88 Å². The van der Waals surface area contributed by atoms with Crippen molar-refractivity contribution in [3.8, 4) is 17.2 Å². The van der Waals surface area contributed by atoms with Gasteiger partial charge in [0, 0.05) is 18.8 Å². The molecule has 28 heavy (non-hydrogen) atoms. The third-order valence-electron chi connectivity index (χ3n) is 3.98. The summed E-state index contributed by atoms with van der Waals surface area (Å²) in [7, 11) is 6.27. The van der Waals surface area contributed by atoms with Crippen molar-refractivity contribution >= 4 is 46.2 Å². The topological polar surface area (TPSA) is 73.3 Å². The van der Waals surface area contributed by atoms with E-state index >= 15 is 0 Å². The Morgan fingerprint density at radius 3 is 2.54 bits per heavy atom. The Hall–Kier alpha value is -2.71. The van der Waals surface area contributed by atoms with Crippen LogP contribution in [-0.2, 0) is 4.79 Å². The van der Waals surface area contributed by atoms with Crippen LogP contribution in [0, 0.1) is 0 Å². The van der Waals surface area contributed by atoms with Crippen LogP contribution in [-0.4, -0.2) is 49.3 Å². The number of rotatable bonds is 5. The summed E-state index contributed by atoms with van der Waals surface area (Å²) in [6, 6.07) is 7.03. The van der Waals surface area contributed by atoms with E-state index in [0.717, 1.165) is 0 Å². The van der Waals surface area contributed by atoms with E-state index in [1.165, 1.54) is 30.9 Å². The molecule has 0 atom stereocenters. The van der Waals surface area contributed by atoms with Crippen LogP contribution in [0.5, 0.6) is 17.2 Å². The first-order valence-electron chi connectivity index (χ1n) is 8.16. The van der Waals surface area contributed by atoms with Gasteiger partial charge in [0.25, 0.3) is 5.91 Å². The average Bonchev–Trinajstić information content (AvgIpc) is 2.97. The first-order valence-corrected chi connectivity index (χ1v) is 9.35. The first-order chi connectivity index (χ1) is 13.5. The molecule has 0 radical (unpaired) electrons. The molecule has 9 heteroatoms. The molecule has 2 heterocycles. The fraction of sp³-hybridized carbons (Fsp3) is 0.211. The predicted octanol–water partition coefficient (Wildman–Crippen LogP) is 3.99. The molecular formula is C19H18ClN3O4S. The lowest BCUT2D eigenvalue weighted by atomic mass is 10.1. The molecule has 0 unspecified atom stereocenters. The Bertz CT molecular complexity index is 978. The van der Waals surface area contributed by atoms with E-state index in [0.29, 0.717) is 38.6 Å². The van der Waals surface area contributed by atoms with Gasteiger partial charge in [0.05, 0.1) is 26.2 Å². The predicted molar refractivity (Wildman–Crippen MR) is 111 cm³/mol. The van der Waals surface area contributed by atoms with Gasteiger partial charge in [0.2, 0.25) is 5.75 Å². The van der Waals surface area contributed by atoms with Crippen LogP contribution in [0.4, 0.5) is 5.69 Å². The maximum atomic E-state index is 12.7. The van der Waals surface area contributed by atoms with Gasteiger partial charge in [-0.25, -0.2) is 9.98 Å². The lowest BCUT2D eigenvalue weighted by Gasteiger charge is -2.14. The van der Waals surface area contributed by atoms with Crippen LogP contribution >= 0.6 is 23.4 Å². The largest absolute Gasteiger partial charge is 0.493 e. The van der Waals surface area contributed by atoms with Crippen molar-refractivity contribution in [2.24, 2.45) is 4.99 Å². The Labute approximate surface area is 172 Å². The summed E-state index contributed by atoms with van der Waals surface area (Å²) in [5.41, 5.74) is 1.18. The smallest absolute Gasteiger partial charge is 0.266 e. The quantitative estimate of drug-likeness (QED) is 0.538. The van der Waals surface area contributed by atoms with Crippen LogP contribution in [0.25, 0.3) is 6.08 Å². The second-order valence-electron chi connectivity index (χ2n) is 5.61. The number of aliphatic imine (C=N–C) groups is 1. The van der Waals surface area contributed by atoms with Crippen molar-refractivity contribution in [2.45, 2.75) is 0 Å². The number of amidine groups is 1. The van der Waals surface area contributed by atoms with Crippen LogP contribution in [0.2, 0.25) is 5.15 Å². The maximum absolute atomic E-state index is 12.7. The summed E-state index contributed by atoms with van der Waals surface area (Å²) in [6.07, 6.45) is 3.31. The number of likely N-dealkylation sites (N-methyl/N-ethyl adjacent to an activating group) is 1. The van der Waals surface area contributed by atoms with E-state index in [-0.39, 0.29) is 11.1 Å². The number of halogens is 1. The number of thioether (sulfide) groups is 1. The minimum absolute atomic E-state index is 0.180. The summed E-state index contributed by atoms with van der Waals surface area (Å²) in [5, 5.41) is 0.779. The Morgan fingerprint density at radius 1 is 1.14 bits per heavy atom. The molecule has 1 saturated heterocycles. The van der Waals surface area contributed by atoms with Crippen molar-refractivity contribution < 1.29 is 19.0 Å². The van der Waals surface area contributed by atoms with E-state index in [1.807, 2.05) is 0 Å². The second-order valence-corrected chi connectivity index (χ2v) is 6.97. The van der Waals surface area contributed by atoms with Crippen LogP contribution in [0.3, 0.4) is 0 Å². The Balaban J connectivity index is 2.00. The number of ether oxygens (including phenoxy) is 3. The molecule has 1 amide bonds. The lowest BCUT2D eigenvalue weighted by molar-refractivity contribution is -0.121. The molecule has 1 aromatic carbocycles. The fourth-order valence-electron chi connectivity index (χ4n) is 2.59. The fourth-order valence-corrected chi connectivity index (χ4v) is 3.73. The standard InChI is InChI=1S/C19H18ClN3O4S/c1-23-18(24)14(28-19(23)22-12-6-5-9-21-17(12)20)10-11-7-8-13(25-2)16(27-4)15(11)26-3/h5-10H,1-4H3/b14-10-,22-19?. The Morgan fingerprint density at radius 2 is 1.89 bits per heavy atom. The molecule has 7 nitrogen and oxygen atoms in total. The lowest BCUT2D eigenvalue weighted by Crippen LogP contribution is -2.23.